The van der Waals surface area contributed by atoms with Gasteiger partial charge in [0, 0.05) is 15.7 Å². The van der Waals surface area contributed by atoms with Gasteiger partial charge in [0.1, 0.15) is 11.6 Å². The van der Waals surface area contributed by atoms with Gasteiger partial charge >= 0.3 is 5.97 Å². The lowest BCUT2D eigenvalue weighted by molar-refractivity contribution is -0.149. The van der Waals surface area contributed by atoms with Crippen molar-refractivity contribution in [1.29, 1.82) is 0 Å². The average molecular weight is 573 g/mol. The first-order valence-corrected chi connectivity index (χ1v) is 13.1. The first-order chi connectivity index (χ1) is 17.3. The zero-order valence-electron chi connectivity index (χ0n) is 20.5. The van der Waals surface area contributed by atoms with Crippen molar-refractivity contribution < 1.29 is 18.7 Å². The van der Waals surface area contributed by atoms with Gasteiger partial charge in [-0.05, 0) is 88.6 Å². The third-order valence-electron chi connectivity index (χ3n) is 6.35. The number of carbonyl (C=O) groups excluding carboxylic acids is 1. The number of ether oxygens (including phenoxy) is 2. The minimum atomic E-state index is -0.682. The maximum atomic E-state index is 13.7. The smallest absolute Gasteiger partial charge is 0.347 e. The molecule has 4 rings (SSSR count). The van der Waals surface area contributed by atoms with Crippen LogP contribution in [-0.4, -0.2) is 24.9 Å². The van der Waals surface area contributed by atoms with Crippen molar-refractivity contribution >= 4 is 39.2 Å². The number of hydrogen-bond acceptors (Lipinski definition) is 4. The zero-order valence-corrected chi connectivity index (χ0v) is 22.8. The van der Waals surface area contributed by atoms with E-state index in [2.05, 4.69) is 40.2 Å². The quantitative estimate of drug-likeness (QED) is 0.255. The molecule has 1 aliphatic rings. The molecule has 0 N–H and O–H groups in total. The Hall–Kier alpha value is -2.70. The van der Waals surface area contributed by atoms with Crippen molar-refractivity contribution in [3.05, 3.63) is 86.6 Å². The van der Waals surface area contributed by atoms with E-state index in [1.165, 1.54) is 13.2 Å². The monoisotopic (exact) mass is 571 g/mol. The first kappa shape index (κ1) is 26.4. The van der Waals surface area contributed by atoms with Crippen molar-refractivity contribution in [2.24, 2.45) is 4.99 Å². The molecule has 0 aliphatic carbocycles. The molecule has 2 unspecified atom stereocenters. The summed E-state index contributed by atoms with van der Waals surface area (Å²) in [6, 6.07) is 17.0. The molecule has 2 atom stereocenters. The van der Waals surface area contributed by atoms with E-state index in [0.29, 0.717) is 17.2 Å². The maximum Gasteiger partial charge on any atom is 0.347 e. The second-order valence-electron chi connectivity index (χ2n) is 8.90. The van der Waals surface area contributed by atoms with Crippen molar-refractivity contribution in [2.75, 3.05) is 7.11 Å². The molecule has 0 radical (unpaired) electrons. The lowest BCUT2D eigenvalue weighted by Crippen LogP contribution is -2.28. The van der Waals surface area contributed by atoms with Crippen LogP contribution in [0.2, 0.25) is 5.02 Å². The average Bonchev–Trinajstić information content (AvgIpc) is 3.33. The third-order valence-corrected chi connectivity index (χ3v) is 7.27. The molecule has 0 saturated carbocycles. The number of methoxy groups -OCH3 is 1. The van der Waals surface area contributed by atoms with Gasteiger partial charge in [0.15, 0.2) is 6.10 Å². The van der Waals surface area contributed by atoms with E-state index in [9.17, 15) is 9.18 Å². The zero-order chi connectivity index (χ0) is 25.8. The number of aryl methyl sites for hydroxylation is 1. The largest absolute Gasteiger partial charge is 0.477 e. The van der Waals surface area contributed by atoms with Crippen LogP contribution in [0.5, 0.6) is 5.75 Å². The molecule has 0 aromatic heterocycles. The molecular weight excluding hydrogens is 545 g/mol. The van der Waals surface area contributed by atoms with Crippen LogP contribution in [0.15, 0.2) is 64.1 Å². The fraction of sp³-hybridized carbons (Fsp3) is 0.310. The van der Waals surface area contributed by atoms with Crippen LogP contribution in [0.25, 0.3) is 11.1 Å². The van der Waals surface area contributed by atoms with E-state index in [1.807, 2.05) is 26.0 Å². The molecule has 0 amide bonds. The van der Waals surface area contributed by atoms with Crippen molar-refractivity contribution in [2.45, 2.75) is 51.7 Å². The standard InChI is InChI=1S/C29H28BrClFNO3/c1-4-5-27(29(34)35-3)36-26-13-10-20(15-23(26)31)18-6-8-19(9-7-18)24-11-12-25(33-24)28-17(2)14-21(32)16-22(28)30/h6-10,13-16,24,27H,4-5,11-12H2,1-3H3. The van der Waals surface area contributed by atoms with Crippen LogP contribution in [-0.2, 0) is 9.53 Å². The molecule has 0 saturated heterocycles. The van der Waals surface area contributed by atoms with Crippen LogP contribution in [0.3, 0.4) is 0 Å². The normalized spacial score (nSPS) is 15.9. The summed E-state index contributed by atoms with van der Waals surface area (Å²) in [5.74, 6) is -0.207. The van der Waals surface area contributed by atoms with Gasteiger partial charge in [0.2, 0.25) is 0 Å². The fourth-order valence-electron chi connectivity index (χ4n) is 4.53. The third kappa shape index (κ3) is 5.81. The highest BCUT2D eigenvalue weighted by Gasteiger charge is 2.24. The molecule has 1 aliphatic heterocycles. The Morgan fingerprint density at radius 2 is 1.89 bits per heavy atom. The van der Waals surface area contributed by atoms with Crippen LogP contribution in [0.1, 0.15) is 55.3 Å². The molecule has 3 aromatic rings. The summed E-state index contributed by atoms with van der Waals surface area (Å²) in [5.41, 5.74) is 5.98. The predicted molar refractivity (Wildman–Crippen MR) is 146 cm³/mol. The Morgan fingerprint density at radius 3 is 2.53 bits per heavy atom. The summed E-state index contributed by atoms with van der Waals surface area (Å²) in [6.45, 7) is 3.89. The molecule has 1 heterocycles. The van der Waals surface area contributed by atoms with E-state index in [1.54, 1.807) is 12.1 Å². The molecule has 0 spiro atoms. The number of benzene rings is 3. The highest BCUT2D eigenvalue weighted by Crippen LogP contribution is 2.36. The van der Waals surface area contributed by atoms with Crippen LogP contribution in [0.4, 0.5) is 4.39 Å². The molecule has 4 nitrogen and oxygen atoms in total. The van der Waals surface area contributed by atoms with E-state index >= 15 is 0 Å². The van der Waals surface area contributed by atoms with Gasteiger partial charge in [0.25, 0.3) is 0 Å². The number of carbonyl (C=O) groups is 1. The van der Waals surface area contributed by atoms with Crippen molar-refractivity contribution in [3.8, 4) is 16.9 Å². The molecular formula is C29H28BrClFNO3. The highest BCUT2D eigenvalue weighted by molar-refractivity contribution is 9.10. The summed E-state index contributed by atoms with van der Waals surface area (Å²) < 4.78 is 25.1. The number of rotatable bonds is 8. The van der Waals surface area contributed by atoms with Gasteiger partial charge in [-0.3, -0.25) is 4.99 Å². The molecule has 7 heteroatoms. The number of aliphatic imine (C=N–C) groups is 1. The number of halogens is 3. The van der Waals surface area contributed by atoms with Gasteiger partial charge in [-0.1, -0.05) is 55.3 Å². The topological polar surface area (TPSA) is 47.9 Å². The lowest BCUT2D eigenvalue weighted by Gasteiger charge is -2.17. The van der Waals surface area contributed by atoms with Gasteiger partial charge in [-0.2, -0.15) is 0 Å². The highest BCUT2D eigenvalue weighted by atomic mass is 79.9. The summed E-state index contributed by atoms with van der Waals surface area (Å²) in [6.07, 6.45) is 2.41. The Morgan fingerprint density at radius 1 is 1.17 bits per heavy atom. The molecule has 3 aromatic carbocycles. The maximum absolute atomic E-state index is 13.7. The van der Waals surface area contributed by atoms with E-state index in [0.717, 1.165) is 57.3 Å². The van der Waals surface area contributed by atoms with Gasteiger partial charge in [-0.25, -0.2) is 9.18 Å². The van der Waals surface area contributed by atoms with Crippen LogP contribution in [0, 0.1) is 12.7 Å². The number of hydrogen-bond donors (Lipinski definition) is 0. The Kier molecular flexibility index (Phi) is 8.47. The SMILES string of the molecule is CCCC(Oc1ccc(-c2ccc(C3CCC(c4c(C)cc(F)cc4Br)=N3)cc2)cc1Cl)C(=O)OC. The Balaban J connectivity index is 1.50. The molecule has 188 valence electrons. The molecule has 0 bridgehead atoms. The minimum Gasteiger partial charge on any atom is -0.477 e. The van der Waals surface area contributed by atoms with E-state index in [4.69, 9.17) is 26.1 Å². The Labute approximate surface area is 224 Å². The van der Waals surface area contributed by atoms with Crippen LogP contribution >= 0.6 is 27.5 Å². The van der Waals surface area contributed by atoms with Crippen LogP contribution < -0.4 is 4.74 Å². The number of nitrogens with zero attached hydrogens (tertiary/aromatic N) is 1. The molecule has 36 heavy (non-hydrogen) atoms. The van der Waals surface area contributed by atoms with E-state index < -0.39 is 12.1 Å². The van der Waals surface area contributed by atoms with Gasteiger partial charge < -0.3 is 9.47 Å². The fourth-order valence-corrected chi connectivity index (χ4v) is 5.52. The summed E-state index contributed by atoms with van der Waals surface area (Å²) in [4.78, 5) is 16.9. The van der Waals surface area contributed by atoms with Gasteiger partial charge in [-0.15, -0.1) is 0 Å². The second-order valence-corrected chi connectivity index (χ2v) is 10.2. The lowest BCUT2D eigenvalue weighted by atomic mass is 9.98. The summed E-state index contributed by atoms with van der Waals surface area (Å²) >= 11 is 9.99. The van der Waals surface area contributed by atoms with E-state index in [-0.39, 0.29) is 11.9 Å². The second kappa shape index (κ2) is 11.6. The van der Waals surface area contributed by atoms with Gasteiger partial charge in [0.05, 0.1) is 18.2 Å². The first-order valence-electron chi connectivity index (χ1n) is 12.0. The Bertz CT molecular complexity index is 1270. The minimum absolute atomic E-state index is 0.0681. The predicted octanol–water partition coefficient (Wildman–Crippen LogP) is 8.26. The molecule has 0 fully saturated rings. The van der Waals surface area contributed by atoms with Crippen molar-refractivity contribution in [3.63, 3.8) is 0 Å². The van der Waals surface area contributed by atoms with Crippen molar-refractivity contribution in [1.82, 2.24) is 0 Å². The number of esters is 1. The summed E-state index contributed by atoms with van der Waals surface area (Å²) in [7, 11) is 1.35. The summed E-state index contributed by atoms with van der Waals surface area (Å²) in [5, 5.41) is 0.437.